The SMILES string of the molecule is COc1ccc2c(c1)CCC2C(=O)Nc1cc(Nc2ccccc2C(N)=O)ccn1. The predicted octanol–water partition coefficient (Wildman–Crippen LogP) is 3.60. The number of para-hydroxylation sites is 1. The van der Waals surface area contributed by atoms with Crippen LogP contribution in [0.2, 0.25) is 0 Å². The average molecular weight is 402 g/mol. The number of anilines is 3. The number of primary amides is 1. The molecule has 4 rings (SSSR count). The van der Waals surface area contributed by atoms with E-state index in [1.54, 1.807) is 43.6 Å². The second-order valence-electron chi connectivity index (χ2n) is 7.11. The van der Waals surface area contributed by atoms with E-state index in [4.69, 9.17) is 10.5 Å². The van der Waals surface area contributed by atoms with E-state index < -0.39 is 5.91 Å². The molecule has 4 N–H and O–H groups in total. The fraction of sp³-hybridized carbons (Fsp3) is 0.174. The molecule has 0 fully saturated rings. The Morgan fingerprint density at radius 3 is 2.77 bits per heavy atom. The Labute approximate surface area is 174 Å². The Hall–Kier alpha value is -3.87. The summed E-state index contributed by atoms with van der Waals surface area (Å²) in [5.41, 5.74) is 9.26. The molecule has 7 nitrogen and oxygen atoms in total. The zero-order valence-electron chi connectivity index (χ0n) is 16.5. The van der Waals surface area contributed by atoms with Gasteiger partial charge in [0.2, 0.25) is 5.91 Å². The third-order valence-corrected chi connectivity index (χ3v) is 5.23. The number of amides is 2. The van der Waals surface area contributed by atoms with Gasteiger partial charge >= 0.3 is 0 Å². The lowest BCUT2D eigenvalue weighted by molar-refractivity contribution is -0.117. The number of nitrogens with zero attached hydrogens (tertiary/aromatic N) is 1. The normalized spacial score (nSPS) is 14.6. The molecule has 1 atom stereocenters. The standard InChI is InChI=1S/C23H22N4O3/c1-30-16-7-9-17-14(12-16)6-8-18(17)23(29)27-21-13-15(10-11-25-21)26-20-5-3-2-4-19(20)22(24)28/h2-5,7,9-13,18H,6,8H2,1H3,(H2,24,28)(H2,25,26,27,29). The summed E-state index contributed by atoms with van der Waals surface area (Å²) in [4.78, 5) is 28.7. The number of methoxy groups -OCH3 is 1. The Kier molecular flexibility index (Phi) is 5.34. The van der Waals surface area contributed by atoms with E-state index >= 15 is 0 Å². The lowest BCUT2D eigenvalue weighted by Crippen LogP contribution is -2.20. The van der Waals surface area contributed by atoms with Gasteiger partial charge in [0.05, 0.1) is 24.3 Å². The summed E-state index contributed by atoms with van der Waals surface area (Å²) in [5, 5.41) is 6.06. The van der Waals surface area contributed by atoms with Crippen LogP contribution in [0.3, 0.4) is 0 Å². The van der Waals surface area contributed by atoms with Crippen LogP contribution in [0.1, 0.15) is 33.8 Å². The molecule has 0 saturated heterocycles. The molecule has 2 amide bonds. The van der Waals surface area contributed by atoms with Crippen LogP contribution in [-0.2, 0) is 11.2 Å². The number of nitrogens with two attached hydrogens (primary N) is 1. The molecule has 0 saturated carbocycles. The van der Waals surface area contributed by atoms with Gasteiger partial charge in [-0.25, -0.2) is 4.98 Å². The first-order valence-corrected chi connectivity index (χ1v) is 9.64. The van der Waals surface area contributed by atoms with E-state index in [-0.39, 0.29) is 11.8 Å². The number of aromatic nitrogens is 1. The number of aryl methyl sites for hydroxylation is 1. The summed E-state index contributed by atoms with van der Waals surface area (Å²) < 4.78 is 5.27. The number of hydrogen-bond donors (Lipinski definition) is 3. The van der Waals surface area contributed by atoms with Crippen LogP contribution in [0.25, 0.3) is 0 Å². The van der Waals surface area contributed by atoms with Crippen molar-refractivity contribution in [1.29, 1.82) is 0 Å². The van der Waals surface area contributed by atoms with E-state index in [0.717, 1.165) is 29.7 Å². The van der Waals surface area contributed by atoms with Crippen LogP contribution in [0.15, 0.2) is 60.8 Å². The molecular formula is C23H22N4O3. The maximum Gasteiger partial charge on any atom is 0.250 e. The fourth-order valence-corrected chi connectivity index (χ4v) is 3.75. The van der Waals surface area contributed by atoms with Crippen molar-refractivity contribution >= 4 is 29.0 Å². The van der Waals surface area contributed by atoms with Crippen LogP contribution < -0.4 is 21.1 Å². The lowest BCUT2D eigenvalue weighted by atomic mass is 10.0. The van der Waals surface area contributed by atoms with Crippen molar-refractivity contribution in [3.05, 3.63) is 77.5 Å². The molecule has 0 radical (unpaired) electrons. The molecule has 0 aliphatic heterocycles. The Bertz CT molecular complexity index is 1110. The second kappa shape index (κ2) is 8.24. The van der Waals surface area contributed by atoms with Crippen molar-refractivity contribution in [3.8, 4) is 5.75 Å². The Morgan fingerprint density at radius 1 is 1.13 bits per heavy atom. The molecule has 1 aliphatic rings. The maximum absolute atomic E-state index is 12.9. The largest absolute Gasteiger partial charge is 0.497 e. The zero-order chi connectivity index (χ0) is 21.1. The average Bonchev–Trinajstić information content (AvgIpc) is 3.17. The summed E-state index contributed by atoms with van der Waals surface area (Å²) in [6.45, 7) is 0. The number of hydrogen-bond acceptors (Lipinski definition) is 5. The van der Waals surface area contributed by atoms with E-state index in [9.17, 15) is 9.59 Å². The van der Waals surface area contributed by atoms with Gasteiger partial charge in [-0.3, -0.25) is 9.59 Å². The van der Waals surface area contributed by atoms with Crippen molar-refractivity contribution in [3.63, 3.8) is 0 Å². The highest BCUT2D eigenvalue weighted by Gasteiger charge is 2.29. The number of rotatable bonds is 6. The first-order chi connectivity index (χ1) is 14.5. The Morgan fingerprint density at radius 2 is 1.97 bits per heavy atom. The smallest absolute Gasteiger partial charge is 0.250 e. The van der Waals surface area contributed by atoms with E-state index in [1.807, 2.05) is 24.3 Å². The quantitative estimate of drug-likeness (QED) is 0.584. The van der Waals surface area contributed by atoms with E-state index in [2.05, 4.69) is 15.6 Å². The van der Waals surface area contributed by atoms with Crippen molar-refractivity contribution in [2.24, 2.45) is 5.73 Å². The van der Waals surface area contributed by atoms with E-state index in [1.165, 1.54) is 0 Å². The number of benzene rings is 2. The molecule has 0 bridgehead atoms. The van der Waals surface area contributed by atoms with Gasteiger partial charge in [-0.05, 0) is 54.3 Å². The maximum atomic E-state index is 12.9. The number of nitrogens with one attached hydrogen (secondary N) is 2. The number of pyridine rings is 1. The van der Waals surface area contributed by atoms with Crippen LogP contribution in [0.5, 0.6) is 5.75 Å². The van der Waals surface area contributed by atoms with Gasteiger partial charge in [0.15, 0.2) is 0 Å². The topological polar surface area (TPSA) is 106 Å². The van der Waals surface area contributed by atoms with Crippen LogP contribution in [0.4, 0.5) is 17.2 Å². The number of carbonyl (C=O) groups is 2. The zero-order valence-corrected chi connectivity index (χ0v) is 16.5. The van der Waals surface area contributed by atoms with Crippen molar-refractivity contribution in [2.45, 2.75) is 18.8 Å². The molecule has 7 heteroatoms. The van der Waals surface area contributed by atoms with Gasteiger partial charge in [-0.15, -0.1) is 0 Å². The number of carbonyl (C=O) groups excluding carboxylic acids is 2. The summed E-state index contributed by atoms with van der Waals surface area (Å²) in [6, 6.07) is 16.3. The van der Waals surface area contributed by atoms with Crippen LogP contribution >= 0.6 is 0 Å². The molecule has 3 aromatic rings. The molecule has 1 heterocycles. The van der Waals surface area contributed by atoms with E-state index in [0.29, 0.717) is 22.8 Å². The molecule has 1 unspecified atom stereocenters. The van der Waals surface area contributed by atoms with Gasteiger partial charge < -0.3 is 21.1 Å². The van der Waals surface area contributed by atoms with Crippen molar-refractivity contribution in [2.75, 3.05) is 17.7 Å². The minimum absolute atomic E-state index is 0.0962. The highest BCUT2D eigenvalue weighted by atomic mass is 16.5. The van der Waals surface area contributed by atoms with Gasteiger partial charge in [0.1, 0.15) is 11.6 Å². The predicted molar refractivity (Wildman–Crippen MR) is 115 cm³/mol. The minimum Gasteiger partial charge on any atom is -0.497 e. The number of ether oxygens (including phenoxy) is 1. The third kappa shape index (κ3) is 3.96. The van der Waals surface area contributed by atoms with Gasteiger partial charge in [-0.2, -0.15) is 0 Å². The van der Waals surface area contributed by atoms with Crippen molar-refractivity contribution in [1.82, 2.24) is 4.98 Å². The van der Waals surface area contributed by atoms with Gasteiger partial charge in [-0.1, -0.05) is 18.2 Å². The highest BCUT2D eigenvalue weighted by molar-refractivity contribution is 5.99. The van der Waals surface area contributed by atoms with Gasteiger partial charge in [0.25, 0.3) is 5.91 Å². The molecular weight excluding hydrogens is 380 g/mol. The van der Waals surface area contributed by atoms with Gasteiger partial charge in [0, 0.05) is 18.0 Å². The van der Waals surface area contributed by atoms with Crippen LogP contribution in [0, 0.1) is 0 Å². The Balaban J connectivity index is 1.50. The summed E-state index contributed by atoms with van der Waals surface area (Å²) >= 11 is 0. The molecule has 1 aliphatic carbocycles. The molecule has 30 heavy (non-hydrogen) atoms. The summed E-state index contributed by atoms with van der Waals surface area (Å²) in [7, 11) is 1.63. The first-order valence-electron chi connectivity index (χ1n) is 9.64. The molecule has 0 spiro atoms. The molecule has 1 aromatic heterocycles. The molecule has 2 aromatic carbocycles. The second-order valence-corrected chi connectivity index (χ2v) is 7.11. The fourth-order valence-electron chi connectivity index (χ4n) is 3.75. The number of fused-ring (bicyclic) bond motifs is 1. The molecule has 152 valence electrons. The highest BCUT2D eigenvalue weighted by Crippen LogP contribution is 2.36. The third-order valence-electron chi connectivity index (χ3n) is 5.23. The van der Waals surface area contributed by atoms with Crippen LogP contribution in [-0.4, -0.2) is 23.9 Å². The monoisotopic (exact) mass is 402 g/mol. The summed E-state index contributed by atoms with van der Waals surface area (Å²) in [6.07, 6.45) is 3.18. The minimum atomic E-state index is -0.516. The van der Waals surface area contributed by atoms with Crippen molar-refractivity contribution < 1.29 is 14.3 Å². The lowest BCUT2D eigenvalue weighted by Gasteiger charge is -2.14. The summed E-state index contributed by atoms with van der Waals surface area (Å²) in [5.74, 6) is 0.397. The first kappa shape index (κ1) is 19.4.